The Hall–Kier alpha value is -2.39. The lowest BCUT2D eigenvalue weighted by Gasteiger charge is -2.35. The zero-order valence-electron chi connectivity index (χ0n) is 18.4. The third kappa shape index (κ3) is 4.09. The number of ketones is 1. The molecule has 1 aliphatic carbocycles. The first kappa shape index (κ1) is 20.9. The van der Waals surface area contributed by atoms with Crippen molar-refractivity contribution in [2.75, 3.05) is 6.61 Å². The Balaban J connectivity index is 1.39. The Morgan fingerprint density at radius 1 is 1.13 bits per heavy atom. The smallest absolute Gasteiger partial charge is 0.158 e. The largest absolute Gasteiger partial charge is 0.492 e. The van der Waals surface area contributed by atoms with Crippen LogP contribution in [0.25, 0.3) is 6.08 Å². The Morgan fingerprint density at radius 2 is 1.83 bits per heavy atom. The normalized spacial score (nSPS) is 23.5. The molecule has 0 aromatic heterocycles. The minimum atomic E-state index is 0.0593. The molecule has 2 aliphatic rings. The van der Waals surface area contributed by atoms with Gasteiger partial charge in [0.15, 0.2) is 5.78 Å². The van der Waals surface area contributed by atoms with Crippen molar-refractivity contribution in [2.24, 2.45) is 11.7 Å². The van der Waals surface area contributed by atoms with E-state index in [1.54, 1.807) is 6.08 Å². The SMILES string of the molecule is CC(C)(C)c1ccc(C=CC(=O)C2CCC3(CC2)COc2ccc(CN)cc23)cc1. The van der Waals surface area contributed by atoms with Gasteiger partial charge in [-0.3, -0.25) is 4.79 Å². The van der Waals surface area contributed by atoms with Crippen molar-refractivity contribution in [2.45, 2.75) is 63.8 Å². The van der Waals surface area contributed by atoms with Crippen LogP contribution in [-0.2, 0) is 22.2 Å². The molecule has 3 nitrogen and oxygen atoms in total. The van der Waals surface area contributed by atoms with Crippen LogP contribution in [0.15, 0.2) is 48.5 Å². The molecular weight excluding hydrogens is 370 g/mol. The molecule has 158 valence electrons. The van der Waals surface area contributed by atoms with Gasteiger partial charge in [0.1, 0.15) is 5.75 Å². The van der Waals surface area contributed by atoms with Gasteiger partial charge < -0.3 is 10.5 Å². The minimum absolute atomic E-state index is 0.0593. The van der Waals surface area contributed by atoms with Crippen LogP contribution < -0.4 is 10.5 Å². The van der Waals surface area contributed by atoms with Crippen molar-refractivity contribution in [3.63, 3.8) is 0 Å². The number of benzene rings is 2. The van der Waals surface area contributed by atoms with Crippen LogP contribution in [-0.4, -0.2) is 12.4 Å². The molecule has 30 heavy (non-hydrogen) atoms. The second kappa shape index (κ2) is 8.03. The van der Waals surface area contributed by atoms with Crippen LogP contribution in [0.3, 0.4) is 0 Å². The highest BCUT2D eigenvalue weighted by atomic mass is 16.5. The van der Waals surface area contributed by atoms with Gasteiger partial charge in [-0.05, 0) is 59.9 Å². The lowest BCUT2D eigenvalue weighted by atomic mass is 9.67. The average Bonchev–Trinajstić information content (AvgIpc) is 3.09. The van der Waals surface area contributed by atoms with Crippen molar-refractivity contribution in [3.05, 3.63) is 70.8 Å². The molecule has 0 unspecified atom stereocenters. The first-order chi connectivity index (χ1) is 14.3. The summed E-state index contributed by atoms with van der Waals surface area (Å²) in [6.45, 7) is 7.91. The van der Waals surface area contributed by atoms with Gasteiger partial charge in [0.05, 0.1) is 6.61 Å². The summed E-state index contributed by atoms with van der Waals surface area (Å²) < 4.78 is 5.99. The minimum Gasteiger partial charge on any atom is -0.492 e. The van der Waals surface area contributed by atoms with Crippen molar-refractivity contribution >= 4 is 11.9 Å². The van der Waals surface area contributed by atoms with Crippen molar-refractivity contribution in [3.8, 4) is 5.75 Å². The van der Waals surface area contributed by atoms with Crippen molar-refractivity contribution in [1.82, 2.24) is 0 Å². The predicted molar refractivity (Wildman–Crippen MR) is 123 cm³/mol. The molecule has 2 aromatic carbocycles. The van der Waals surface area contributed by atoms with Crippen LogP contribution in [0, 0.1) is 5.92 Å². The number of rotatable bonds is 4. The summed E-state index contributed by atoms with van der Waals surface area (Å²) in [5, 5.41) is 0. The number of allylic oxidation sites excluding steroid dienone is 1. The molecule has 0 atom stereocenters. The third-order valence-corrected chi connectivity index (χ3v) is 6.92. The van der Waals surface area contributed by atoms with E-state index >= 15 is 0 Å². The summed E-state index contributed by atoms with van der Waals surface area (Å²) in [6, 6.07) is 14.8. The molecule has 0 bridgehead atoms. The topological polar surface area (TPSA) is 52.3 Å². The third-order valence-electron chi connectivity index (χ3n) is 6.92. The molecule has 1 heterocycles. The van der Waals surface area contributed by atoms with Crippen LogP contribution in [0.1, 0.15) is 68.7 Å². The highest BCUT2D eigenvalue weighted by Gasteiger charge is 2.44. The van der Waals surface area contributed by atoms with Crippen LogP contribution in [0.2, 0.25) is 0 Å². The second-order valence-corrected chi connectivity index (χ2v) is 9.99. The summed E-state index contributed by atoms with van der Waals surface area (Å²) >= 11 is 0. The van der Waals surface area contributed by atoms with Gasteiger partial charge >= 0.3 is 0 Å². The summed E-state index contributed by atoms with van der Waals surface area (Å²) in [5.41, 5.74) is 10.9. The van der Waals surface area contributed by atoms with Crippen molar-refractivity contribution < 1.29 is 9.53 Å². The van der Waals surface area contributed by atoms with Crippen molar-refractivity contribution in [1.29, 1.82) is 0 Å². The second-order valence-electron chi connectivity index (χ2n) is 9.99. The van der Waals surface area contributed by atoms with E-state index in [0.29, 0.717) is 6.54 Å². The number of hydrogen-bond acceptors (Lipinski definition) is 3. The highest BCUT2D eigenvalue weighted by molar-refractivity contribution is 5.95. The molecule has 1 aliphatic heterocycles. The fraction of sp³-hybridized carbons (Fsp3) is 0.444. The molecule has 4 rings (SSSR count). The molecule has 0 radical (unpaired) electrons. The Morgan fingerprint density at radius 3 is 2.47 bits per heavy atom. The summed E-state index contributed by atoms with van der Waals surface area (Å²) in [7, 11) is 0. The maximum Gasteiger partial charge on any atom is 0.158 e. The van der Waals surface area contributed by atoms with E-state index in [0.717, 1.165) is 49.2 Å². The number of carbonyl (C=O) groups is 1. The van der Waals surface area contributed by atoms with Gasteiger partial charge in [-0.25, -0.2) is 0 Å². The average molecular weight is 404 g/mol. The van der Waals surface area contributed by atoms with Gasteiger partial charge in [0.25, 0.3) is 0 Å². The summed E-state index contributed by atoms with van der Waals surface area (Å²) in [4.78, 5) is 12.8. The van der Waals surface area contributed by atoms with E-state index < -0.39 is 0 Å². The zero-order valence-corrected chi connectivity index (χ0v) is 18.4. The molecule has 0 amide bonds. The van der Waals surface area contributed by atoms with Gasteiger partial charge in [0.2, 0.25) is 0 Å². The van der Waals surface area contributed by atoms with Crippen LogP contribution in [0.4, 0.5) is 0 Å². The summed E-state index contributed by atoms with van der Waals surface area (Å²) in [6.07, 6.45) is 7.57. The maximum atomic E-state index is 12.8. The predicted octanol–water partition coefficient (Wildman–Crippen LogP) is 5.55. The molecule has 2 aromatic rings. The number of fused-ring (bicyclic) bond motifs is 2. The molecule has 0 saturated heterocycles. The molecule has 1 fully saturated rings. The monoisotopic (exact) mass is 403 g/mol. The van der Waals surface area contributed by atoms with Gasteiger partial charge in [0, 0.05) is 23.4 Å². The van der Waals surface area contributed by atoms with E-state index in [2.05, 4.69) is 57.2 Å². The van der Waals surface area contributed by atoms with E-state index in [1.807, 2.05) is 12.1 Å². The fourth-order valence-corrected chi connectivity index (χ4v) is 4.82. The molecule has 3 heteroatoms. The Bertz CT molecular complexity index is 942. The number of ether oxygens (including phenoxy) is 1. The quantitative estimate of drug-likeness (QED) is 0.681. The van der Waals surface area contributed by atoms with E-state index in [9.17, 15) is 4.79 Å². The Kier molecular flexibility index (Phi) is 5.59. The van der Waals surface area contributed by atoms with Gasteiger partial charge in [-0.2, -0.15) is 0 Å². The highest BCUT2D eigenvalue weighted by Crippen LogP contribution is 2.49. The first-order valence-corrected chi connectivity index (χ1v) is 11.1. The lowest BCUT2D eigenvalue weighted by Crippen LogP contribution is -2.35. The fourth-order valence-electron chi connectivity index (χ4n) is 4.82. The first-order valence-electron chi connectivity index (χ1n) is 11.1. The number of nitrogens with two attached hydrogens (primary N) is 1. The van der Waals surface area contributed by atoms with E-state index in [1.165, 1.54) is 11.1 Å². The Labute approximate surface area is 180 Å². The standard InChI is InChI=1S/C27H33NO2/c1-26(2,3)22-8-4-19(5-9-22)6-10-24(29)21-12-14-27(15-13-21)18-30-25-11-7-20(17-28)16-23(25)27/h4-11,16,21H,12-15,17-18,28H2,1-3H3. The van der Waals surface area contributed by atoms with Gasteiger partial charge in [-0.1, -0.05) is 63.2 Å². The van der Waals surface area contributed by atoms with E-state index in [-0.39, 0.29) is 22.5 Å². The molecule has 2 N–H and O–H groups in total. The zero-order chi connectivity index (χ0) is 21.4. The van der Waals surface area contributed by atoms with Crippen LogP contribution >= 0.6 is 0 Å². The lowest BCUT2D eigenvalue weighted by molar-refractivity contribution is -0.119. The molecule has 1 saturated carbocycles. The summed E-state index contributed by atoms with van der Waals surface area (Å²) in [5.74, 6) is 1.36. The van der Waals surface area contributed by atoms with E-state index in [4.69, 9.17) is 10.5 Å². The number of hydrogen-bond donors (Lipinski definition) is 1. The maximum absolute atomic E-state index is 12.8. The number of carbonyl (C=O) groups excluding carboxylic acids is 1. The van der Waals surface area contributed by atoms with Gasteiger partial charge in [-0.15, -0.1) is 0 Å². The molecular formula is C27H33NO2. The van der Waals surface area contributed by atoms with Crippen LogP contribution in [0.5, 0.6) is 5.75 Å². The molecule has 1 spiro atoms.